The summed E-state index contributed by atoms with van der Waals surface area (Å²) in [5, 5.41) is 2.45. The van der Waals surface area contributed by atoms with Gasteiger partial charge in [-0.3, -0.25) is 14.4 Å². The van der Waals surface area contributed by atoms with E-state index in [-0.39, 0.29) is 6.42 Å². The molecule has 0 spiro atoms. The number of benzene rings is 1. The second kappa shape index (κ2) is 8.00. The average molecular weight is 391 g/mol. The van der Waals surface area contributed by atoms with Gasteiger partial charge in [-0.15, -0.1) is 0 Å². The third kappa shape index (κ3) is 5.80. The third-order valence-corrected chi connectivity index (χ3v) is 3.77. The van der Waals surface area contributed by atoms with Crippen LogP contribution in [0.25, 0.3) is 0 Å². The van der Waals surface area contributed by atoms with Crippen molar-refractivity contribution in [2.45, 2.75) is 58.5 Å². The van der Waals surface area contributed by atoms with Gasteiger partial charge in [0.1, 0.15) is 5.60 Å². The lowest BCUT2D eigenvalue weighted by Crippen LogP contribution is -2.55. The highest BCUT2D eigenvalue weighted by Crippen LogP contribution is 2.25. The standard InChI is InChI=1S/C20H25NO7/c1-19(2,3)28-18(25)21-13(11-12-9-7-6-8-10-12)15(22)14-16(23)26-20(4,5)27-17(14)24/h6-10,13-14H,11H2,1-5H3,(H,21,25)/t13-/m0/s1. The molecule has 0 aromatic heterocycles. The minimum atomic E-state index is -1.77. The van der Waals surface area contributed by atoms with Crippen molar-refractivity contribution in [3.8, 4) is 0 Å². The van der Waals surface area contributed by atoms with Crippen molar-refractivity contribution in [3.05, 3.63) is 35.9 Å². The highest BCUT2D eigenvalue weighted by Gasteiger charge is 2.49. The Bertz CT molecular complexity index is 745. The summed E-state index contributed by atoms with van der Waals surface area (Å²) in [4.78, 5) is 49.6. The SMILES string of the molecule is CC(C)(C)OC(=O)N[C@@H](Cc1ccccc1)C(=O)C1C(=O)OC(C)(C)OC1=O. The van der Waals surface area contributed by atoms with Gasteiger partial charge >= 0.3 is 18.0 Å². The zero-order valence-corrected chi connectivity index (χ0v) is 16.6. The Labute approximate surface area is 163 Å². The lowest BCUT2D eigenvalue weighted by Gasteiger charge is -2.33. The highest BCUT2D eigenvalue weighted by atomic mass is 16.7. The van der Waals surface area contributed by atoms with Crippen LogP contribution in [-0.2, 0) is 35.0 Å². The summed E-state index contributed by atoms with van der Waals surface area (Å²) < 4.78 is 15.2. The van der Waals surface area contributed by atoms with E-state index in [1.54, 1.807) is 51.1 Å². The van der Waals surface area contributed by atoms with Gasteiger partial charge in [0.2, 0.25) is 5.92 Å². The molecule has 1 fully saturated rings. The van der Waals surface area contributed by atoms with Crippen LogP contribution in [0, 0.1) is 5.92 Å². The van der Waals surface area contributed by atoms with E-state index in [9.17, 15) is 19.2 Å². The van der Waals surface area contributed by atoms with Crippen LogP contribution in [0.5, 0.6) is 0 Å². The molecule has 1 saturated heterocycles. The predicted molar refractivity (Wildman–Crippen MR) is 98.1 cm³/mol. The molecule has 1 amide bonds. The molecule has 8 nitrogen and oxygen atoms in total. The normalized spacial score (nSPS) is 17.9. The van der Waals surface area contributed by atoms with Crippen LogP contribution < -0.4 is 5.32 Å². The molecule has 1 N–H and O–H groups in total. The number of rotatable bonds is 5. The van der Waals surface area contributed by atoms with Crippen molar-refractivity contribution in [1.29, 1.82) is 0 Å². The number of nitrogens with one attached hydrogen (secondary N) is 1. The van der Waals surface area contributed by atoms with Crippen LogP contribution in [-0.4, -0.2) is 41.2 Å². The number of amides is 1. The number of carbonyl (C=O) groups excluding carboxylic acids is 4. The maximum atomic E-state index is 13.0. The minimum Gasteiger partial charge on any atom is -0.444 e. The number of alkyl carbamates (subject to hydrolysis) is 1. The van der Waals surface area contributed by atoms with Gasteiger partial charge in [0.05, 0.1) is 6.04 Å². The summed E-state index contributed by atoms with van der Waals surface area (Å²) in [6.07, 6.45) is -0.765. The zero-order valence-electron chi connectivity index (χ0n) is 16.6. The average Bonchev–Trinajstić information content (AvgIpc) is 2.51. The van der Waals surface area contributed by atoms with E-state index in [0.29, 0.717) is 0 Å². The van der Waals surface area contributed by atoms with E-state index in [1.165, 1.54) is 13.8 Å². The Morgan fingerprint density at radius 1 is 1.11 bits per heavy atom. The van der Waals surface area contributed by atoms with Crippen LogP contribution in [0.2, 0.25) is 0 Å². The number of hydrogen-bond acceptors (Lipinski definition) is 7. The van der Waals surface area contributed by atoms with E-state index < -0.39 is 47.2 Å². The maximum Gasteiger partial charge on any atom is 0.408 e. The Morgan fingerprint density at radius 3 is 2.14 bits per heavy atom. The minimum absolute atomic E-state index is 0.0688. The van der Waals surface area contributed by atoms with E-state index >= 15 is 0 Å². The van der Waals surface area contributed by atoms with Crippen molar-refractivity contribution < 1.29 is 33.4 Å². The fourth-order valence-electron chi connectivity index (χ4n) is 2.68. The first-order valence-electron chi connectivity index (χ1n) is 8.91. The van der Waals surface area contributed by atoms with Gasteiger partial charge in [-0.2, -0.15) is 0 Å². The van der Waals surface area contributed by atoms with Gasteiger partial charge in [0, 0.05) is 13.8 Å². The molecule has 0 radical (unpaired) electrons. The lowest BCUT2D eigenvalue weighted by atomic mass is 9.92. The molecule has 0 bridgehead atoms. The van der Waals surface area contributed by atoms with Gasteiger partial charge < -0.3 is 19.5 Å². The molecule has 0 saturated carbocycles. The molecule has 1 aromatic carbocycles. The van der Waals surface area contributed by atoms with Gasteiger partial charge in [-0.1, -0.05) is 30.3 Å². The van der Waals surface area contributed by atoms with Gasteiger partial charge in [0.25, 0.3) is 5.79 Å². The number of hydrogen-bond donors (Lipinski definition) is 1. The highest BCUT2D eigenvalue weighted by molar-refractivity contribution is 6.17. The number of Topliss-reactive ketones (excluding diaryl/α,β-unsaturated/α-hetero) is 1. The fourth-order valence-corrected chi connectivity index (χ4v) is 2.68. The summed E-state index contributed by atoms with van der Waals surface area (Å²) in [5.74, 6) is -6.04. The number of esters is 2. The molecule has 0 aliphatic carbocycles. The van der Waals surface area contributed by atoms with E-state index in [4.69, 9.17) is 14.2 Å². The summed E-state index contributed by atoms with van der Waals surface area (Å²) >= 11 is 0. The largest absolute Gasteiger partial charge is 0.444 e. The van der Waals surface area contributed by atoms with E-state index in [1.807, 2.05) is 0 Å². The molecule has 2 rings (SSSR count). The first-order valence-corrected chi connectivity index (χ1v) is 8.91. The Balaban J connectivity index is 2.24. The van der Waals surface area contributed by atoms with Crippen molar-refractivity contribution >= 4 is 23.8 Å². The quantitative estimate of drug-likeness (QED) is 0.605. The van der Waals surface area contributed by atoms with Crippen molar-refractivity contribution in [1.82, 2.24) is 5.32 Å². The third-order valence-electron chi connectivity index (χ3n) is 3.77. The van der Waals surface area contributed by atoms with Crippen LogP contribution >= 0.6 is 0 Å². The van der Waals surface area contributed by atoms with E-state index in [0.717, 1.165) is 5.56 Å². The van der Waals surface area contributed by atoms with Crippen LogP contribution in [0.15, 0.2) is 30.3 Å². The molecule has 1 aliphatic heterocycles. The second-order valence-corrected chi connectivity index (χ2v) is 7.97. The Morgan fingerprint density at radius 2 is 1.64 bits per heavy atom. The van der Waals surface area contributed by atoms with Gasteiger partial charge in [-0.25, -0.2) is 4.79 Å². The van der Waals surface area contributed by atoms with Crippen LogP contribution in [0.4, 0.5) is 4.79 Å². The molecular formula is C20H25NO7. The number of cyclic esters (lactones) is 2. The number of ketones is 1. The van der Waals surface area contributed by atoms with E-state index in [2.05, 4.69) is 5.32 Å². The maximum absolute atomic E-state index is 13.0. The molecule has 0 unspecified atom stereocenters. The molecule has 28 heavy (non-hydrogen) atoms. The first-order chi connectivity index (χ1) is 12.9. The smallest absolute Gasteiger partial charge is 0.408 e. The Kier molecular flexibility index (Phi) is 6.11. The molecule has 152 valence electrons. The molecule has 1 heterocycles. The topological polar surface area (TPSA) is 108 Å². The molecule has 1 atom stereocenters. The van der Waals surface area contributed by atoms with Crippen molar-refractivity contribution in [3.63, 3.8) is 0 Å². The molecule has 8 heteroatoms. The fraction of sp³-hybridized carbons (Fsp3) is 0.500. The second-order valence-electron chi connectivity index (χ2n) is 7.97. The van der Waals surface area contributed by atoms with Crippen LogP contribution in [0.3, 0.4) is 0 Å². The molecule has 1 aromatic rings. The summed E-state index contributed by atoms with van der Waals surface area (Å²) in [5.41, 5.74) is -0.0493. The first kappa shape index (κ1) is 21.4. The molecular weight excluding hydrogens is 366 g/mol. The summed E-state index contributed by atoms with van der Waals surface area (Å²) in [6, 6.07) is 7.70. The van der Waals surface area contributed by atoms with Crippen molar-refractivity contribution in [2.24, 2.45) is 5.92 Å². The van der Waals surface area contributed by atoms with Gasteiger partial charge in [-0.05, 0) is 32.8 Å². The zero-order chi connectivity index (χ0) is 21.1. The van der Waals surface area contributed by atoms with Crippen molar-refractivity contribution in [2.75, 3.05) is 0 Å². The monoisotopic (exact) mass is 391 g/mol. The van der Waals surface area contributed by atoms with Crippen LogP contribution in [0.1, 0.15) is 40.2 Å². The number of carbonyl (C=O) groups is 4. The summed E-state index contributed by atoms with van der Waals surface area (Å²) in [7, 11) is 0. The van der Waals surface area contributed by atoms with Gasteiger partial charge in [0.15, 0.2) is 5.78 Å². The lowest BCUT2D eigenvalue weighted by molar-refractivity contribution is -0.238. The Hall–Kier alpha value is -2.90. The number of ether oxygens (including phenoxy) is 3. The predicted octanol–water partition coefficient (Wildman–Crippen LogP) is 2.14. The summed E-state index contributed by atoms with van der Waals surface area (Å²) in [6.45, 7) is 7.82. The molecule has 1 aliphatic rings.